The summed E-state index contributed by atoms with van der Waals surface area (Å²) in [5.41, 5.74) is 4.58. The minimum atomic E-state index is -0.372. The van der Waals surface area contributed by atoms with Crippen LogP contribution in [0.3, 0.4) is 0 Å². The van der Waals surface area contributed by atoms with E-state index in [4.69, 9.17) is 16.3 Å². The molecular weight excluding hydrogens is 484 g/mol. The average molecular weight is 511 g/mol. The molecule has 4 N–H and O–H groups in total. The zero-order valence-electron chi connectivity index (χ0n) is 19.9. The number of nitrogens with zero attached hydrogens (tertiary/aromatic N) is 4. The van der Waals surface area contributed by atoms with Gasteiger partial charge >= 0.3 is 0 Å². The van der Waals surface area contributed by atoms with Crippen molar-refractivity contribution in [3.8, 4) is 11.8 Å². The molecule has 4 heterocycles. The molecule has 3 fully saturated rings. The van der Waals surface area contributed by atoms with Crippen LogP contribution >= 0.6 is 11.6 Å². The molecule has 4 atom stereocenters. The Balaban J connectivity index is 1.38. The SMILES string of the molecule is COc1c(Cl)cccc1NC1CC(Nc2ccc(N3CCCC3=O)c(C#N)n2)NC2NN(C)C(=O)C12. The number of methoxy groups -OCH3 is 1. The van der Waals surface area contributed by atoms with Crippen molar-refractivity contribution >= 4 is 40.6 Å². The van der Waals surface area contributed by atoms with Crippen molar-refractivity contribution in [1.29, 1.82) is 5.26 Å². The van der Waals surface area contributed by atoms with Gasteiger partial charge in [0.2, 0.25) is 11.8 Å². The number of carbonyl (C=O) groups excluding carboxylic acids is 2. The molecule has 3 aliphatic heterocycles. The lowest BCUT2D eigenvalue weighted by molar-refractivity contribution is -0.131. The highest BCUT2D eigenvalue weighted by Crippen LogP contribution is 2.36. The number of carbonyl (C=O) groups is 2. The molecule has 11 nitrogen and oxygen atoms in total. The van der Waals surface area contributed by atoms with E-state index in [9.17, 15) is 14.9 Å². The maximum atomic E-state index is 12.9. The number of nitrogens with one attached hydrogen (secondary N) is 4. The van der Waals surface area contributed by atoms with Gasteiger partial charge in [-0.25, -0.2) is 10.4 Å². The van der Waals surface area contributed by atoms with E-state index in [0.29, 0.717) is 47.4 Å². The van der Waals surface area contributed by atoms with Crippen LogP contribution in [0, 0.1) is 17.2 Å². The molecule has 2 amide bonds. The first-order valence-electron chi connectivity index (χ1n) is 11.8. The summed E-state index contributed by atoms with van der Waals surface area (Å²) in [6, 6.07) is 10.8. The molecule has 0 aliphatic carbocycles. The van der Waals surface area contributed by atoms with Crippen LogP contribution in [0.4, 0.5) is 17.2 Å². The van der Waals surface area contributed by atoms with Crippen molar-refractivity contribution in [1.82, 2.24) is 20.7 Å². The molecule has 1 aromatic heterocycles. The maximum Gasteiger partial charge on any atom is 0.244 e. The minimum absolute atomic E-state index is 0.000419. The maximum absolute atomic E-state index is 12.9. The lowest BCUT2D eigenvalue weighted by atomic mass is 9.88. The normalized spacial score (nSPS) is 25.5. The number of aromatic nitrogens is 1. The van der Waals surface area contributed by atoms with Crippen molar-refractivity contribution in [2.75, 3.05) is 36.2 Å². The van der Waals surface area contributed by atoms with Crippen LogP contribution < -0.4 is 31.0 Å². The number of fused-ring (bicyclic) bond motifs is 1. The molecule has 2 aromatic rings. The van der Waals surface area contributed by atoms with Crippen molar-refractivity contribution in [3.63, 3.8) is 0 Å². The minimum Gasteiger partial charge on any atom is -0.493 e. The van der Waals surface area contributed by atoms with Gasteiger partial charge in [0.1, 0.15) is 11.9 Å². The fourth-order valence-electron chi connectivity index (χ4n) is 5.14. The Morgan fingerprint density at radius 2 is 2.08 bits per heavy atom. The number of pyridine rings is 1. The Kier molecular flexibility index (Phi) is 6.57. The smallest absolute Gasteiger partial charge is 0.244 e. The van der Waals surface area contributed by atoms with E-state index in [2.05, 4.69) is 32.4 Å². The number of ether oxygens (including phenoxy) is 1. The highest BCUT2D eigenvalue weighted by atomic mass is 35.5. The fourth-order valence-corrected chi connectivity index (χ4v) is 5.39. The first kappa shape index (κ1) is 24.1. The van der Waals surface area contributed by atoms with Crippen LogP contribution in [0.15, 0.2) is 30.3 Å². The summed E-state index contributed by atoms with van der Waals surface area (Å²) < 4.78 is 5.48. The van der Waals surface area contributed by atoms with Crippen LogP contribution in [0.5, 0.6) is 5.75 Å². The zero-order valence-corrected chi connectivity index (χ0v) is 20.7. The van der Waals surface area contributed by atoms with E-state index in [1.807, 2.05) is 12.1 Å². The van der Waals surface area contributed by atoms with E-state index in [-0.39, 0.29) is 41.8 Å². The number of piperidine rings is 1. The Labute approximate surface area is 213 Å². The van der Waals surface area contributed by atoms with Gasteiger partial charge < -0.3 is 20.3 Å². The first-order chi connectivity index (χ1) is 17.4. The second-order valence-electron chi connectivity index (χ2n) is 9.03. The number of amides is 2. The molecule has 0 radical (unpaired) electrons. The van der Waals surface area contributed by atoms with Gasteiger partial charge in [-0.3, -0.25) is 19.9 Å². The van der Waals surface area contributed by atoms with Gasteiger partial charge in [-0.15, -0.1) is 0 Å². The molecule has 188 valence electrons. The van der Waals surface area contributed by atoms with Gasteiger partial charge in [-0.1, -0.05) is 17.7 Å². The quantitative estimate of drug-likeness (QED) is 0.459. The number of hydrogen-bond acceptors (Lipinski definition) is 9. The summed E-state index contributed by atoms with van der Waals surface area (Å²) in [5, 5.41) is 21.9. The zero-order chi connectivity index (χ0) is 25.4. The predicted octanol–water partition coefficient (Wildman–Crippen LogP) is 1.87. The third kappa shape index (κ3) is 4.39. The summed E-state index contributed by atoms with van der Waals surface area (Å²) in [7, 11) is 3.25. The van der Waals surface area contributed by atoms with E-state index in [1.54, 1.807) is 37.3 Å². The number of nitriles is 1. The lowest BCUT2D eigenvalue weighted by Crippen LogP contribution is -2.60. The molecule has 36 heavy (non-hydrogen) atoms. The third-order valence-electron chi connectivity index (χ3n) is 6.79. The van der Waals surface area contributed by atoms with E-state index < -0.39 is 0 Å². The molecule has 5 rings (SSSR count). The van der Waals surface area contributed by atoms with Crippen LogP contribution in [0.25, 0.3) is 0 Å². The molecule has 3 saturated heterocycles. The predicted molar refractivity (Wildman–Crippen MR) is 134 cm³/mol. The van der Waals surface area contributed by atoms with Gasteiger partial charge in [-0.2, -0.15) is 5.26 Å². The molecule has 12 heteroatoms. The number of hydrogen-bond donors (Lipinski definition) is 4. The van der Waals surface area contributed by atoms with Crippen molar-refractivity contribution in [2.24, 2.45) is 5.92 Å². The summed E-state index contributed by atoms with van der Waals surface area (Å²) in [6.45, 7) is 0.586. The van der Waals surface area contributed by atoms with E-state index in [1.165, 1.54) is 5.01 Å². The monoisotopic (exact) mass is 510 g/mol. The van der Waals surface area contributed by atoms with Gasteiger partial charge in [0.05, 0.1) is 41.8 Å². The Bertz CT molecular complexity index is 1230. The number of anilines is 3. The summed E-state index contributed by atoms with van der Waals surface area (Å²) >= 11 is 6.31. The average Bonchev–Trinajstić information content (AvgIpc) is 3.41. The van der Waals surface area contributed by atoms with Crippen molar-refractivity contribution in [2.45, 2.75) is 37.6 Å². The lowest BCUT2D eigenvalue weighted by Gasteiger charge is -2.39. The largest absolute Gasteiger partial charge is 0.493 e. The molecule has 0 bridgehead atoms. The second kappa shape index (κ2) is 9.81. The molecule has 4 unspecified atom stereocenters. The number of rotatable bonds is 6. The first-order valence-corrected chi connectivity index (χ1v) is 12.1. The molecule has 3 aliphatic rings. The number of hydrazine groups is 1. The summed E-state index contributed by atoms with van der Waals surface area (Å²) in [4.78, 5) is 31.2. The van der Waals surface area contributed by atoms with E-state index in [0.717, 1.165) is 6.42 Å². The summed E-state index contributed by atoms with van der Waals surface area (Å²) in [5.74, 6) is 0.602. The topological polar surface area (TPSA) is 135 Å². The van der Waals surface area contributed by atoms with E-state index >= 15 is 0 Å². The van der Waals surface area contributed by atoms with Gasteiger partial charge in [0, 0.05) is 32.5 Å². The molecule has 1 aromatic carbocycles. The standard InChI is InChI=1S/C24H27ClN8O3/c1-32-24(35)21-15(27-14-6-3-5-13(25)22(14)36-2)11-19(30-23(21)31-32)29-18-9-8-17(16(12-26)28-18)33-10-4-7-20(33)34/h3,5-6,8-9,15,19,21,23,27,30-31H,4,7,10-11H2,1-2H3,(H,28,29). The number of halogens is 1. The second-order valence-corrected chi connectivity index (χ2v) is 9.43. The Morgan fingerprint density at radius 3 is 2.81 bits per heavy atom. The molecule has 0 spiro atoms. The van der Waals surface area contributed by atoms with Gasteiger partial charge in [0.25, 0.3) is 0 Å². The van der Waals surface area contributed by atoms with Crippen LogP contribution in [-0.2, 0) is 9.59 Å². The van der Waals surface area contributed by atoms with Crippen LogP contribution in [0.2, 0.25) is 5.02 Å². The van der Waals surface area contributed by atoms with Crippen LogP contribution in [0.1, 0.15) is 25.0 Å². The highest BCUT2D eigenvalue weighted by molar-refractivity contribution is 6.32. The Hall–Kier alpha value is -3.59. The van der Waals surface area contributed by atoms with Crippen LogP contribution in [-0.4, -0.2) is 60.9 Å². The fraction of sp³-hybridized carbons (Fsp3) is 0.417. The number of para-hydroxylation sites is 1. The van der Waals surface area contributed by atoms with Crippen molar-refractivity contribution in [3.05, 3.63) is 41.0 Å². The van der Waals surface area contributed by atoms with Gasteiger partial charge in [-0.05, 0) is 30.7 Å². The highest BCUT2D eigenvalue weighted by Gasteiger charge is 2.48. The Morgan fingerprint density at radius 1 is 1.25 bits per heavy atom. The molecule has 0 saturated carbocycles. The molecular formula is C24H27ClN8O3. The summed E-state index contributed by atoms with van der Waals surface area (Å²) in [6.07, 6.45) is 1.16. The van der Waals surface area contributed by atoms with Crippen molar-refractivity contribution < 1.29 is 14.3 Å². The third-order valence-corrected chi connectivity index (χ3v) is 7.09. The van der Waals surface area contributed by atoms with Gasteiger partial charge in [0.15, 0.2) is 11.4 Å². The number of benzene rings is 1.